The average Bonchev–Trinajstić information content (AvgIpc) is 3.12. The third kappa shape index (κ3) is 4.92. The van der Waals surface area contributed by atoms with Gasteiger partial charge in [-0.1, -0.05) is 24.1 Å². The Morgan fingerprint density at radius 1 is 1.04 bits per heavy atom. The van der Waals surface area contributed by atoms with Crippen LogP contribution in [0.5, 0.6) is 0 Å². The highest BCUT2D eigenvalue weighted by Gasteiger charge is 2.21. The molecule has 144 valence electrons. The van der Waals surface area contributed by atoms with Gasteiger partial charge in [0.25, 0.3) is 0 Å². The lowest BCUT2D eigenvalue weighted by molar-refractivity contribution is -0.187. The van der Waals surface area contributed by atoms with Crippen LogP contribution in [0.1, 0.15) is 31.5 Å². The number of hydrogen-bond acceptors (Lipinski definition) is 4. The molecule has 0 spiro atoms. The second-order valence-electron chi connectivity index (χ2n) is 6.59. The number of anilines is 1. The van der Waals surface area contributed by atoms with E-state index in [4.69, 9.17) is 15.9 Å². The number of ether oxygens (including phenoxy) is 2. The quantitative estimate of drug-likeness (QED) is 0.529. The van der Waals surface area contributed by atoms with Crippen LogP contribution in [-0.2, 0) is 16.0 Å². The average molecular weight is 367 g/mol. The molecule has 1 saturated heterocycles. The first-order valence-corrected chi connectivity index (χ1v) is 9.68. The summed E-state index contributed by atoms with van der Waals surface area (Å²) in [6, 6.07) is 12.7. The van der Waals surface area contributed by atoms with Crippen LogP contribution in [0.2, 0.25) is 0 Å². The second-order valence-corrected chi connectivity index (χ2v) is 6.59. The van der Waals surface area contributed by atoms with E-state index >= 15 is 0 Å². The van der Waals surface area contributed by atoms with Crippen LogP contribution in [0.3, 0.4) is 0 Å². The number of hydrogen-bond donors (Lipinski definition) is 0. The summed E-state index contributed by atoms with van der Waals surface area (Å²) >= 11 is 0. The zero-order valence-electron chi connectivity index (χ0n) is 16.3. The minimum Gasteiger partial charge on any atom is -0.369 e. The molecule has 1 fully saturated rings. The van der Waals surface area contributed by atoms with Crippen molar-refractivity contribution < 1.29 is 9.47 Å². The molecule has 0 saturated carbocycles. The van der Waals surface area contributed by atoms with E-state index in [1.54, 1.807) is 0 Å². The predicted molar refractivity (Wildman–Crippen MR) is 109 cm³/mol. The Kier molecular flexibility index (Phi) is 6.94. The van der Waals surface area contributed by atoms with Gasteiger partial charge in [0, 0.05) is 69.1 Å². The van der Waals surface area contributed by atoms with Gasteiger partial charge in [0.2, 0.25) is 6.41 Å². The minimum absolute atomic E-state index is 0.428. The van der Waals surface area contributed by atoms with Crippen molar-refractivity contribution in [3.05, 3.63) is 53.9 Å². The largest absolute Gasteiger partial charge is 0.369 e. The number of rotatable bonds is 8. The van der Waals surface area contributed by atoms with E-state index in [2.05, 4.69) is 52.1 Å². The number of piperazine rings is 1. The highest BCUT2D eigenvalue weighted by Crippen LogP contribution is 2.21. The van der Waals surface area contributed by atoms with Gasteiger partial charge in [-0.2, -0.15) is 0 Å². The highest BCUT2D eigenvalue weighted by atomic mass is 16.7. The van der Waals surface area contributed by atoms with Gasteiger partial charge < -0.3 is 18.9 Å². The topological polar surface area (TPSA) is 29.9 Å². The smallest absolute Gasteiger partial charge is 0.244 e. The lowest BCUT2D eigenvalue weighted by Crippen LogP contribution is -2.46. The summed E-state index contributed by atoms with van der Waals surface area (Å²) in [7, 11) is 0. The molecule has 0 radical (unpaired) electrons. The summed E-state index contributed by atoms with van der Waals surface area (Å²) in [4.78, 5) is 4.89. The van der Waals surface area contributed by atoms with E-state index in [-0.39, 0.29) is 0 Å². The molecule has 0 bridgehead atoms. The van der Waals surface area contributed by atoms with E-state index in [0.717, 1.165) is 44.0 Å². The molecule has 1 aromatic heterocycles. The molecule has 0 amide bonds. The molecule has 0 unspecified atom stereocenters. The van der Waals surface area contributed by atoms with Gasteiger partial charge in [0.05, 0.1) is 0 Å². The Hall–Kier alpha value is -2.26. The number of aromatic nitrogens is 1. The first-order valence-electron chi connectivity index (χ1n) is 9.68. The van der Waals surface area contributed by atoms with Crippen LogP contribution in [0, 0.1) is 12.3 Å². The monoisotopic (exact) mass is 367 g/mol. The Morgan fingerprint density at radius 3 is 2.30 bits per heavy atom. The van der Waals surface area contributed by atoms with Crippen LogP contribution in [-0.4, -0.2) is 48.9 Å². The number of nitrogens with zero attached hydrogens (tertiary/aromatic N) is 3. The second kappa shape index (κ2) is 9.61. The summed E-state index contributed by atoms with van der Waals surface area (Å²) in [5.41, 5.74) is 3.28. The Balaban J connectivity index is 1.67. The number of benzene rings is 1. The maximum Gasteiger partial charge on any atom is 0.244 e. The molecule has 5 heteroatoms. The van der Waals surface area contributed by atoms with Crippen molar-refractivity contribution in [1.82, 2.24) is 9.47 Å². The highest BCUT2D eigenvalue weighted by molar-refractivity contribution is 5.46. The lowest BCUT2D eigenvalue weighted by Gasteiger charge is -2.36. The SMILES string of the molecule is C#Cc1cc(CN2CCN(c3ccccc3)CC2)n(C(OCC)OCC)c1. The normalized spacial score (nSPS) is 15.3. The standard InChI is InChI=1S/C22H29N3O2/c1-4-19-16-21(25(17-19)22(26-5-2)27-6-3)18-23-12-14-24(15-13-23)20-10-8-7-9-11-20/h1,7-11,16-17,22H,5-6,12-15,18H2,2-3H3. The first kappa shape index (κ1) is 19.5. The molecule has 2 aromatic rings. The van der Waals surface area contributed by atoms with E-state index in [1.165, 1.54) is 5.69 Å². The van der Waals surface area contributed by atoms with Crippen molar-refractivity contribution in [3.8, 4) is 12.3 Å². The Labute approximate surface area is 162 Å². The molecular formula is C22H29N3O2. The molecule has 1 aliphatic rings. The number of terminal acetylenes is 1. The molecule has 3 rings (SSSR count). The molecule has 5 nitrogen and oxygen atoms in total. The summed E-state index contributed by atoms with van der Waals surface area (Å²) in [5.74, 6) is 2.73. The van der Waals surface area contributed by atoms with E-state index in [1.807, 2.05) is 24.6 Å². The van der Waals surface area contributed by atoms with E-state index < -0.39 is 6.41 Å². The fourth-order valence-electron chi connectivity index (χ4n) is 3.45. The molecular weight excluding hydrogens is 338 g/mol. The molecule has 0 aliphatic carbocycles. The molecule has 0 atom stereocenters. The van der Waals surface area contributed by atoms with E-state index in [0.29, 0.717) is 13.2 Å². The minimum atomic E-state index is -0.428. The maximum absolute atomic E-state index is 5.78. The van der Waals surface area contributed by atoms with E-state index in [9.17, 15) is 0 Å². The van der Waals surface area contributed by atoms with Gasteiger partial charge in [0.15, 0.2) is 0 Å². The van der Waals surface area contributed by atoms with Gasteiger partial charge in [-0.3, -0.25) is 4.90 Å². The van der Waals surface area contributed by atoms with Gasteiger partial charge in [-0.15, -0.1) is 6.42 Å². The van der Waals surface area contributed by atoms with Crippen molar-refractivity contribution in [1.29, 1.82) is 0 Å². The van der Waals surface area contributed by atoms with Crippen LogP contribution in [0.15, 0.2) is 42.6 Å². The van der Waals surface area contributed by atoms with Gasteiger partial charge in [0.1, 0.15) is 0 Å². The summed E-state index contributed by atoms with van der Waals surface area (Å²) in [6.07, 6.45) is 7.15. The third-order valence-corrected chi connectivity index (χ3v) is 4.82. The van der Waals surface area contributed by atoms with Crippen molar-refractivity contribution in [2.45, 2.75) is 26.8 Å². The fourth-order valence-corrected chi connectivity index (χ4v) is 3.45. The Bertz CT molecular complexity index is 737. The summed E-state index contributed by atoms with van der Waals surface area (Å²) < 4.78 is 13.6. The molecule has 1 aromatic carbocycles. The van der Waals surface area contributed by atoms with Crippen molar-refractivity contribution in [2.75, 3.05) is 44.3 Å². The van der Waals surface area contributed by atoms with Crippen LogP contribution >= 0.6 is 0 Å². The maximum atomic E-state index is 5.78. The van der Waals surface area contributed by atoms with Crippen molar-refractivity contribution in [3.63, 3.8) is 0 Å². The van der Waals surface area contributed by atoms with Gasteiger partial charge >= 0.3 is 0 Å². The van der Waals surface area contributed by atoms with Crippen LogP contribution < -0.4 is 4.90 Å². The van der Waals surface area contributed by atoms with Gasteiger partial charge in [-0.25, -0.2) is 0 Å². The predicted octanol–water partition coefficient (Wildman–Crippen LogP) is 3.32. The van der Waals surface area contributed by atoms with Crippen molar-refractivity contribution >= 4 is 5.69 Å². The third-order valence-electron chi connectivity index (χ3n) is 4.82. The molecule has 1 aliphatic heterocycles. The summed E-state index contributed by atoms with van der Waals surface area (Å²) in [6.45, 7) is 10.0. The molecule has 0 N–H and O–H groups in total. The fraction of sp³-hybridized carbons (Fsp3) is 0.455. The first-order chi connectivity index (χ1) is 13.2. The molecule has 27 heavy (non-hydrogen) atoms. The number of para-hydroxylation sites is 1. The summed E-state index contributed by atoms with van der Waals surface area (Å²) in [5, 5.41) is 0. The van der Waals surface area contributed by atoms with Gasteiger partial charge in [-0.05, 0) is 32.0 Å². The zero-order chi connectivity index (χ0) is 19.1. The zero-order valence-corrected chi connectivity index (χ0v) is 16.3. The molecule has 2 heterocycles. The Morgan fingerprint density at radius 2 is 1.70 bits per heavy atom. The van der Waals surface area contributed by atoms with Crippen LogP contribution in [0.4, 0.5) is 5.69 Å². The van der Waals surface area contributed by atoms with Crippen LogP contribution in [0.25, 0.3) is 0 Å². The lowest BCUT2D eigenvalue weighted by atomic mass is 10.2. The van der Waals surface area contributed by atoms with Crippen molar-refractivity contribution in [2.24, 2.45) is 0 Å².